The lowest BCUT2D eigenvalue weighted by Crippen LogP contribution is -2.33. The molecule has 2 aromatic carbocycles. The number of rotatable bonds is 5. The molecule has 1 N–H and O–H groups in total. The Bertz CT molecular complexity index is 1570. The van der Waals surface area contributed by atoms with Gasteiger partial charge in [-0.3, -0.25) is 9.58 Å². The molecule has 248 valence electrons. The molecular formula is C35H46FN5O5. The van der Waals surface area contributed by atoms with Crippen molar-refractivity contribution >= 4 is 5.97 Å². The van der Waals surface area contributed by atoms with Crippen molar-refractivity contribution in [3.05, 3.63) is 82.7 Å². The summed E-state index contributed by atoms with van der Waals surface area (Å²) < 4.78 is 31.6. The Kier molecular flexibility index (Phi) is 12.3. The Balaban J connectivity index is 0.000000284. The van der Waals surface area contributed by atoms with Gasteiger partial charge in [-0.1, -0.05) is 38.1 Å². The monoisotopic (exact) mass is 635 g/mol. The molecule has 0 bridgehead atoms. The van der Waals surface area contributed by atoms with E-state index in [9.17, 15) is 14.3 Å². The lowest BCUT2D eigenvalue weighted by molar-refractivity contribution is 0.0367. The molecule has 0 unspecified atom stereocenters. The highest BCUT2D eigenvalue weighted by Crippen LogP contribution is 2.42. The van der Waals surface area contributed by atoms with Gasteiger partial charge < -0.3 is 23.9 Å². The Morgan fingerprint density at radius 3 is 2.26 bits per heavy atom. The number of carboxylic acids is 1. The van der Waals surface area contributed by atoms with E-state index in [1.165, 1.54) is 28.8 Å². The van der Waals surface area contributed by atoms with Crippen molar-refractivity contribution in [1.29, 1.82) is 0 Å². The van der Waals surface area contributed by atoms with Gasteiger partial charge in [0.05, 0.1) is 6.54 Å². The molecule has 11 heteroatoms. The van der Waals surface area contributed by atoms with Crippen LogP contribution >= 0.6 is 0 Å². The van der Waals surface area contributed by atoms with Crippen molar-refractivity contribution in [1.82, 2.24) is 24.2 Å². The number of hydrogen-bond donors (Lipinski definition) is 1. The van der Waals surface area contributed by atoms with Crippen LogP contribution in [0.4, 0.5) is 4.39 Å². The maximum Gasteiger partial charge on any atom is 0.354 e. The first-order valence-electron chi connectivity index (χ1n) is 15.9. The summed E-state index contributed by atoms with van der Waals surface area (Å²) in [5.74, 6) is 2.02. The van der Waals surface area contributed by atoms with Gasteiger partial charge in [0.15, 0.2) is 11.5 Å². The Morgan fingerprint density at radius 1 is 1.02 bits per heavy atom. The number of carboxylic acid groups (broad SMARTS) is 1. The second-order valence-corrected chi connectivity index (χ2v) is 11.3. The normalized spacial score (nSPS) is 15.4. The van der Waals surface area contributed by atoms with Crippen LogP contribution < -0.4 is 9.47 Å². The summed E-state index contributed by atoms with van der Waals surface area (Å²) in [6.45, 7) is 12.9. The topological polar surface area (TPSA) is 104 Å². The molecule has 0 radical (unpaired) electrons. The summed E-state index contributed by atoms with van der Waals surface area (Å²) in [5, 5.41) is 13.7. The van der Waals surface area contributed by atoms with Crippen LogP contribution in [0.2, 0.25) is 0 Å². The molecule has 2 saturated heterocycles. The average Bonchev–Trinajstić information content (AvgIpc) is 3.72. The number of likely N-dealkylation sites (tertiary alicyclic amines) is 1. The number of imidazole rings is 1. The minimum Gasteiger partial charge on any atom is -0.477 e. The number of hydrogen-bond acceptors (Lipinski definition) is 7. The number of aromatic nitrogens is 4. The number of piperidine rings is 1. The van der Waals surface area contributed by atoms with Crippen LogP contribution in [0.3, 0.4) is 0 Å². The number of nitrogens with zero attached hydrogens (tertiary/aromatic N) is 5. The van der Waals surface area contributed by atoms with Crippen LogP contribution in [0.15, 0.2) is 48.5 Å². The molecule has 0 saturated carbocycles. The highest BCUT2D eigenvalue weighted by Gasteiger charge is 2.28. The van der Waals surface area contributed by atoms with Crippen molar-refractivity contribution in [3.63, 3.8) is 0 Å². The van der Waals surface area contributed by atoms with Crippen LogP contribution in [0.1, 0.15) is 72.2 Å². The van der Waals surface area contributed by atoms with Crippen LogP contribution in [0.25, 0.3) is 11.4 Å². The van der Waals surface area contributed by atoms with Crippen molar-refractivity contribution in [3.8, 4) is 22.9 Å². The Hall–Kier alpha value is -4.22. The number of benzene rings is 2. The van der Waals surface area contributed by atoms with E-state index in [0.29, 0.717) is 18.4 Å². The standard InChI is InChI=1S/C23H27N5O4.C7H7F.C3H6O.C2H6/c1-14-21(17-11-18(23(29)30)27(3)25-17)24-20(26(14)2)12-28-9-7-15(8-10-28)16-5-4-6-19-22(16)32-13-31-19;1-6-3-2-4-7(8)5-6;1-2-4-3-1;1-2/h4-6,11,15H,7-10,12-13H2,1-3H3,(H,29,30);2-5H,1H3;1-3H2;1-2H3. The molecule has 2 fully saturated rings. The highest BCUT2D eigenvalue weighted by molar-refractivity contribution is 5.87. The van der Waals surface area contributed by atoms with E-state index in [0.717, 1.165) is 80.0 Å². The van der Waals surface area contributed by atoms with Crippen molar-refractivity contribution in [2.75, 3.05) is 33.1 Å². The molecule has 46 heavy (non-hydrogen) atoms. The molecule has 10 nitrogen and oxygen atoms in total. The summed E-state index contributed by atoms with van der Waals surface area (Å²) in [4.78, 5) is 18.6. The molecule has 5 heterocycles. The second kappa shape index (κ2) is 16.4. The molecule has 0 amide bonds. The largest absolute Gasteiger partial charge is 0.477 e. The van der Waals surface area contributed by atoms with Crippen LogP contribution in [0.5, 0.6) is 11.5 Å². The zero-order valence-electron chi connectivity index (χ0n) is 27.8. The second-order valence-electron chi connectivity index (χ2n) is 11.3. The van der Waals surface area contributed by atoms with Crippen molar-refractivity contribution in [2.24, 2.45) is 14.1 Å². The fourth-order valence-corrected chi connectivity index (χ4v) is 5.43. The number of halogens is 1. The summed E-state index contributed by atoms with van der Waals surface area (Å²) in [6.07, 6.45) is 3.39. The number of ether oxygens (including phenoxy) is 3. The first-order chi connectivity index (χ1) is 22.2. The maximum absolute atomic E-state index is 12.2. The van der Waals surface area contributed by atoms with E-state index < -0.39 is 5.97 Å². The lowest BCUT2D eigenvalue weighted by atomic mass is 9.88. The van der Waals surface area contributed by atoms with Gasteiger partial charge in [0, 0.05) is 44.6 Å². The van der Waals surface area contributed by atoms with Gasteiger partial charge in [-0.05, 0) is 75.9 Å². The predicted molar refractivity (Wildman–Crippen MR) is 175 cm³/mol. The van der Waals surface area contributed by atoms with Gasteiger partial charge in [0.2, 0.25) is 6.79 Å². The van der Waals surface area contributed by atoms with E-state index >= 15 is 0 Å². The third kappa shape index (κ3) is 8.52. The van der Waals surface area contributed by atoms with Gasteiger partial charge >= 0.3 is 5.97 Å². The number of fused-ring (bicyclic) bond motifs is 1. The molecule has 0 atom stereocenters. The maximum atomic E-state index is 12.2. The molecule has 2 aromatic heterocycles. The quantitative estimate of drug-likeness (QED) is 0.265. The molecule has 3 aliphatic heterocycles. The van der Waals surface area contributed by atoms with Crippen LogP contribution in [-0.2, 0) is 25.4 Å². The van der Waals surface area contributed by atoms with E-state index in [1.807, 2.05) is 52.9 Å². The average molecular weight is 636 g/mol. The molecule has 3 aliphatic rings. The minimum atomic E-state index is -0.996. The predicted octanol–water partition coefficient (Wildman–Crippen LogP) is 6.50. The number of aryl methyl sites for hydroxylation is 2. The van der Waals surface area contributed by atoms with Gasteiger partial charge in [-0.25, -0.2) is 14.2 Å². The SMILES string of the molecule is C1COC1.CC.Cc1c(-c2cc(C(=O)O)n(C)n2)nc(CN2CCC(c3cccc4c3OCO4)CC2)n1C.Cc1cccc(F)c1. The number of para-hydroxylation sites is 1. The fourth-order valence-electron chi connectivity index (χ4n) is 5.43. The van der Waals surface area contributed by atoms with Crippen LogP contribution in [0, 0.1) is 19.7 Å². The van der Waals surface area contributed by atoms with E-state index in [-0.39, 0.29) is 11.5 Å². The fraction of sp³-hybridized carbons (Fsp3) is 0.457. The zero-order valence-corrected chi connectivity index (χ0v) is 27.8. The van der Waals surface area contributed by atoms with Gasteiger partial charge in [-0.2, -0.15) is 5.10 Å². The molecule has 4 aromatic rings. The first-order valence-corrected chi connectivity index (χ1v) is 15.9. The van der Waals surface area contributed by atoms with E-state index in [4.69, 9.17) is 19.2 Å². The third-order valence-electron chi connectivity index (χ3n) is 8.19. The first kappa shape index (κ1) is 34.6. The highest BCUT2D eigenvalue weighted by atomic mass is 19.1. The molecule has 7 rings (SSSR count). The smallest absolute Gasteiger partial charge is 0.354 e. The van der Waals surface area contributed by atoms with Gasteiger partial charge in [0.25, 0.3) is 0 Å². The minimum absolute atomic E-state index is 0.149. The Labute approximate surface area is 270 Å². The summed E-state index contributed by atoms with van der Waals surface area (Å²) in [6, 6.07) is 14.2. The summed E-state index contributed by atoms with van der Waals surface area (Å²) in [7, 11) is 3.63. The lowest BCUT2D eigenvalue weighted by Gasteiger charge is -2.32. The molecular weight excluding hydrogens is 589 g/mol. The molecule has 0 spiro atoms. The van der Waals surface area contributed by atoms with Gasteiger partial charge in [-0.15, -0.1) is 0 Å². The van der Waals surface area contributed by atoms with E-state index in [2.05, 4.69) is 20.6 Å². The molecule has 0 aliphatic carbocycles. The van der Waals surface area contributed by atoms with Crippen molar-refractivity contribution in [2.45, 2.75) is 59.4 Å². The summed E-state index contributed by atoms with van der Waals surface area (Å²) >= 11 is 0. The number of aromatic carboxylic acids is 1. The van der Waals surface area contributed by atoms with Crippen LogP contribution in [-0.4, -0.2) is 68.4 Å². The van der Waals surface area contributed by atoms with Crippen molar-refractivity contribution < 1.29 is 28.5 Å². The number of carbonyl (C=O) groups is 1. The third-order valence-corrected chi connectivity index (χ3v) is 8.19. The zero-order chi connectivity index (χ0) is 33.2. The van der Waals surface area contributed by atoms with E-state index in [1.54, 1.807) is 19.2 Å². The summed E-state index contributed by atoms with van der Waals surface area (Å²) in [5.41, 5.74) is 4.65. The van der Waals surface area contributed by atoms with Gasteiger partial charge in [0.1, 0.15) is 28.7 Å². The Morgan fingerprint density at radius 2 is 1.70 bits per heavy atom.